The van der Waals surface area contributed by atoms with Gasteiger partial charge in [0.15, 0.2) is 11.6 Å². The molecule has 0 bridgehead atoms. The zero-order chi connectivity index (χ0) is 8.27. The lowest BCUT2D eigenvalue weighted by Gasteiger charge is -2.02. The third-order valence-corrected chi connectivity index (χ3v) is 1.59. The average Bonchev–Trinajstić information content (AvgIpc) is 1.95. The van der Waals surface area contributed by atoms with Crippen LogP contribution in [0.3, 0.4) is 0 Å². The lowest BCUT2D eigenvalue weighted by Crippen LogP contribution is -2.01. The first kappa shape index (κ1) is 8.46. The van der Waals surface area contributed by atoms with Crippen LogP contribution in [0.5, 0.6) is 0 Å². The summed E-state index contributed by atoms with van der Waals surface area (Å²) in [5, 5.41) is 2.80. The highest BCUT2D eigenvalue weighted by atomic mass is 79.9. The minimum atomic E-state index is -0.332. The smallest absolute Gasteiger partial charge is 0.166 e. The average molecular weight is 219 g/mol. The molecule has 4 heteroatoms. The molecule has 1 heterocycles. The molecule has 0 fully saturated rings. The molecular weight excluding hydrogens is 211 g/mol. The maximum absolute atomic E-state index is 12.9. The van der Waals surface area contributed by atoms with E-state index in [-0.39, 0.29) is 5.82 Å². The first-order chi connectivity index (χ1) is 5.24. The molecule has 0 radical (unpaired) electrons. The van der Waals surface area contributed by atoms with Gasteiger partial charge in [0, 0.05) is 17.2 Å². The van der Waals surface area contributed by atoms with Crippen LogP contribution in [0, 0.1) is 5.82 Å². The molecule has 1 aromatic heterocycles. The summed E-state index contributed by atoms with van der Waals surface area (Å²) in [4.78, 5) is 3.83. The zero-order valence-corrected chi connectivity index (χ0v) is 7.65. The van der Waals surface area contributed by atoms with E-state index in [1.807, 2.05) is 6.92 Å². The lowest BCUT2D eigenvalue weighted by molar-refractivity contribution is 0.624. The Balaban J connectivity index is 2.90. The van der Waals surface area contributed by atoms with E-state index in [2.05, 4.69) is 26.2 Å². The van der Waals surface area contributed by atoms with Gasteiger partial charge in [-0.25, -0.2) is 9.37 Å². The van der Waals surface area contributed by atoms with Crippen molar-refractivity contribution in [1.82, 2.24) is 4.98 Å². The standard InChI is InChI=1S/C7H8BrFN2/c1-2-10-7-6(9)3-5(8)4-11-7/h3-4H,2H2,1H3,(H,10,11). The van der Waals surface area contributed by atoms with Crippen LogP contribution >= 0.6 is 15.9 Å². The first-order valence-corrected chi connectivity index (χ1v) is 4.08. The molecule has 0 atom stereocenters. The normalized spacial score (nSPS) is 9.73. The molecule has 11 heavy (non-hydrogen) atoms. The minimum Gasteiger partial charge on any atom is -0.368 e. The predicted octanol–water partition coefficient (Wildman–Crippen LogP) is 2.42. The van der Waals surface area contributed by atoms with Crippen LogP contribution in [-0.2, 0) is 0 Å². The number of halogens is 2. The molecule has 0 aliphatic heterocycles. The summed E-state index contributed by atoms with van der Waals surface area (Å²) in [7, 11) is 0. The molecule has 0 saturated heterocycles. The molecule has 0 unspecified atom stereocenters. The van der Waals surface area contributed by atoms with E-state index in [0.29, 0.717) is 16.8 Å². The summed E-state index contributed by atoms with van der Waals surface area (Å²) >= 11 is 3.12. The fraction of sp³-hybridized carbons (Fsp3) is 0.286. The minimum absolute atomic E-state index is 0.302. The lowest BCUT2D eigenvalue weighted by atomic mass is 10.4. The van der Waals surface area contributed by atoms with Gasteiger partial charge in [-0.1, -0.05) is 0 Å². The van der Waals surface area contributed by atoms with Gasteiger partial charge in [0.2, 0.25) is 0 Å². The van der Waals surface area contributed by atoms with E-state index in [4.69, 9.17) is 0 Å². The number of nitrogens with one attached hydrogen (secondary N) is 1. The summed E-state index contributed by atoms with van der Waals surface area (Å²) < 4.78 is 13.5. The molecule has 1 N–H and O–H groups in total. The van der Waals surface area contributed by atoms with Gasteiger partial charge in [0.25, 0.3) is 0 Å². The van der Waals surface area contributed by atoms with Crippen LogP contribution in [0.2, 0.25) is 0 Å². The van der Waals surface area contributed by atoms with E-state index >= 15 is 0 Å². The molecule has 1 rings (SSSR count). The van der Waals surface area contributed by atoms with Crippen molar-refractivity contribution in [3.05, 3.63) is 22.6 Å². The largest absolute Gasteiger partial charge is 0.368 e. The Morgan fingerprint density at radius 1 is 1.73 bits per heavy atom. The second-order valence-corrected chi connectivity index (χ2v) is 2.93. The fourth-order valence-electron chi connectivity index (χ4n) is 0.712. The van der Waals surface area contributed by atoms with Gasteiger partial charge in [-0.3, -0.25) is 0 Å². The highest BCUT2D eigenvalue weighted by Crippen LogP contribution is 2.15. The zero-order valence-electron chi connectivity index (χ0n) is 6.06. The van der Waals surface area contributed by atoms with Gasteiger partial charge in [0.1, 0.15) is 0 Å². The number of rotatable bonds is 2. The Labute approximate surface area is 73.0 Å². The van der Waals surface area contributed by atoms with Crippen molar-refractivity contribution in [3.8, 4) is 0 Å². The van der Waals surface area contributed by atoms with Gasteiger partial charge >= 0.3 is 0 Å². The number of hydrogen-bond donors (Lipinski definition) is 1. The molecule has 0 aliphatic carbocycles. The van der Waals surface area contributed by atoms with E-state index in [1.54, 1.807) is 6.20 Å². The Hall–Kier alpha value is -0.640. The van der Waals surface area contributed by atoms with Crippen molar-refractivity contribution < 1.29 is 4.39 Å². The summed E-state index contributed by atoms with van der Waals surface area (Å²) in [5.41, 5.74) is 0. The quantitative estimate of drug-likeness (QED) is 0.826. The number of hydrogen-bond acceptors (Lipinski definition) is 2. The van der Waals surface area contributed by atoms with Gasteiger partial charge in [-0.15, -0.1) is 0 Å². The van der Waals surface area contributed by atoms with Crippen LogP contribution < -0.4 is 5.32 Å². The highest BCUT2D eigenvalue weighted by Gasteiger charge is 2.01. The van der Waals surface area contributed by atoms with Crippen LogP contribution in [0.1, 0.15) is 6.92 Å². The molecule has 0 aliphatic rings. The van der Waals surface area contributed by atoms with Gasteiger partial charge < -0.3 is 5.32 Å². The predicted molar refractivity (Wildman–Crippen MR) is 46.1 cm³/mol. The molecular formula is C7H8BrFN2. The third-order valence-electron chi connectivity index (χ3n) is 1.15. The summed E-state index contributed by atoms with van der Waals surface area (Å²) in [6, 6.07) is 1.38. The Morgan fingerprint density at radius 2 is 2.45 bits per heavy atom. The highest BCUT2D eigenvalue weighted by molar-refractivity contribution is 9.10. The molecule has 0 amide bonds. The van der Waals surface area contributed by atoms with Crippen molar-refractivity contribution in [2.45, 2.75) is 6.92 Å². The first-order valence-electron chi connectivity index (χ1n) is 3.29. The maximum atomic E-state index is 12.9. The second kappa shape index (κ2) is 3.67. The number of pyridine rings is 1. The molecule has 0 aromatic carbocycles. The number of anilines is 1. The summed E-state index contributed by atoms with van der Waals surface area (Å²) in [5.74, 6) is -0.0306. The van der Waals surface area contributed by atoms with E-state index in [9.17, 15) is 4.39 Å². The molecule has 0 saturated carbocycles. The monoisotopic (exact) mass is 218 g/mol. The van der Waals surface area contributed by atoms with E-state index < -0.39 is 0 Å². The third kappa shape index (κ3) is 2.15. The molecule has 2 nitrogen and oxygen atoms in total. The van der Waals surface area contributed by atoms with Gasteiger partial charge in [0.05, 0.1) is 0 Å². The van der Waals surface area contributed by atoms with Gasteiger partial charge in [-0.05, 0) is 28.9 Å². The summed E-state index contributed by atoms with van der Waals surface area (Å²) in [6.07, 6.45) is 1.56. The van der Waals surface area contributed by atoms with Crippen molar-refractivity contribution in [2.75, 3.05) is 11.9 Å². The molecule has 0 spiro atoms. The van der Waals surface area contributed by atoms with Crippen LogP contribution in [0.4, 0.5) is 10.2 Å². The Kier molecular flexibility index (Phi) is 2.82. The van der Waals surface area contributed by atoms with Crippen LogP contribution in [0.15, 0.2) is 16.7 Å². The number of aromatic nitrogens is 1. The van der Waals surface area contributed by atoms with Crippen molar-refractivity contribution >= 4 is 21.7 Å². The van der Waals surface area contributed by atoms with E-state index in [1.165, 1.54) is 6.07 Å². The van der Waals surface area contributed by atoms with Crippen molar-refractivity contribution in [1.29, 1.82) is 0 Å². The number of nitrogens with zero attached hydrogens (tertiary/aromatic N) is 1. The van der Waals surface area contributed by atoms with Crippen LogP contribution in [0.25, 0.3) is 0 Å². The van der Waals surface area contributed by atoms with Crippen molar-refractivity contribution in [2.24, 2.45) is 0 Å². The van der Waals surface area contributed by atoms with Gasteiger partial charge in [-0.2, -0.15) is 0 Å². The topological polar surface area (TPSA) is 24.9 Å². The second-order valence-electron chi connectivity index (χ2n) is 2.01. The molecule has 1 aromatic rings. The molecule has 60 valence electrons. The maximum Gasteiger partial charge on any atom is 0.166 e. The Bertz CT molecular complexity index is 252. The Morgan fingerprint density at radius 3 is 3.00 bits per heavy atom. The fourth-order valence-corrected chi connectivity index (χ4v) is 1.02. The van der Waals surface area contributed by atoms with E-state index in [0.717, 1.165) is 0 Å². The van der Waals surface area contributed by atoms with Crippen molar-refractivity contribution in [3.63, 3.8) is 0 Å². The summed E-state index contributed by atoms with van der Waals surface area (Å²) in [6.45, 7) is 2.56. The van der Waals surface area contributed by atoms with Crippen LogP contribution in [-0.4, -0.2) is 11.5 Å². The SMILES string of the molecule is CCNc1ncc(Br)cc1F.